The van der Waals surface area contributed by atoms with Crippen LogP contribution < -0.4 is 0 Å². The molecule has 0 amide bonds. The van der Waals surface area contributed by atoms with Crippen LogP contribution in [0, 0.1) is 0 Å². The zero-order chi connectivity index (χ0) is 36.3. The second-order valence-electron chi connectivity index (χ2n) is 14.3. The monoisotopic (exact) mass is 699 g/mol. The van der Waals surface area contributed by atoms with Gasteiger partial charge in [0.2, 0.25) is 0 Å². The van der Waals surface area contributed by atoms with Gasteiger partial charge in [-0.1, -0.05) is 188 Å². The van der Waals surface area contributed by atoms with Gasteiger partial charge in [0.15, 0.2) is 17.5 Å². The molecule has 0 fully saturated rings. The van der Waals surface area contributed by atoms with E-state index < -0.39 is 0 Å². The second kappa shape index (κ2) is 12.4. The summed E-state index contributed by atoms with van der Waals surface area (Å²) in [6.07, 6.45) is 0. The Morgan fingerprint density at radius 2 is 0.618 bits per heavy atom. The van der Waals surface area contributed by atoms with Gasteiger partial charge in [-0.2, -0.15) is 0 Å². The van der Waals surface area contributed by atoms with Crippen LogP contribution in [0.4, 0.5) is 0 Å². The van der Waals surface area contributed by atoms with Gasteiger partial charge in [-0.15, -0.1) is 0 Å². The molecule has 1 spiro atoms. The van der Waals surface area contributed by atoms with Gasteiger partial charge in [0.1, 0.15) is 0 Å². The lowest BCUT2D eigenvalue weighted by Gasteiger charge is -2.30. The van der Waals surface area contributed by atoms with Crippen LogP contribution in [0.25, 0.3) is 78.7 Å². The smallest absolute Gasteiger partial charge is 0.164 e. The molecule has 0 bridgehead atoms. The summed E-state index contributed by atoms with van der Waals surface area (Å²) >= 11 is 0. The van der Waals surface area contributed by atoms with E-state index in [9.17, 15) is 0 Å². The topological polar surface area (TPSA) is 38.7 Å². The first kappa shape index (κ1) is 31.3. The first-order valence-corrected chi connectivity index (χ1v) is 18.8. The fourth-order valence-electron chi connectivity index (χ4n) is 9.03. The molecule has 0 radical (unpaired) electrons. The molecule has 3 nitrogen and oxygen atoms in total. The summed E-state index contributed by atoms with van der Waals surface area (Å²) in [6.45, 7) is 0. The highest BCUT2D eigenvalue weighted by molar-refractivity contribution is 6.00. The van der Waals surface area contributed by atoms with Crippen molar-refractivity contribution in [2.24, 2.45) is 0 Å². The molecule has 1 aromatic heterocycles. The van der Waals surface area contributed by atoms with Crippen molar-refractivity contribution < 1.29 is 0 Å². The molecular weight excluding hydrogens is 667 g/mol. The quantitative estimate of drug-likeness (QED) is 0.179. The minimum Gasteiger partial charge on any atom is -0.208 e. The molecule has 0 N–H and O–H groups in total. The van der Waals surface area contributed by atoms with Gasteiger partial charge >= 0.3 is 0 Å². The van der Waals surface area contributed by atoms with Crippen LogP contribution in [0.5, 0.6) is 0 Å². The van der Waals surface area contributed by atoms with Crippen LogP contribution in [0.15, 0.2) is 200 Å². The van der Waals surface area contributed by atoms with Gasteiger partial charge in [0.25, 0.3) is 0 Å². The zero-order valence-corrected chi connectivity index (χ0v) is 29.9. The summed E-state index contributed by atoms with van der Waals surface area (Å²) in [5.41, 5.74) is 17.8. The molecule has 2 aliphatic carbocycles. The van der Waals surface area contributed by atoms with Crippen molar-refractivity contribution in [1.29, 1.82) is 0 Å². The fraction of sp³-hybridized carbons (Fsp3) is 0.0192. The molecule has 2 aliphatic rings. The van der Waals surface area contributed by atoms with Crippen molar-refractivity contribution in [3.8, 4) is 78.7 Å². The molecule has 0 unspecified atom stereocenters. The predicted octanol–water partition coefficient (Wildman–Crippen LogP) is 12.6. The summed E-state index contributed by atoms with van der Waals surface area (Å²) in [6, 6.07) is 71.6. The van der Waals surface area contributed by atoms with Crippen molar-refractivity contribution in [2.75, 3.05) is 0 Å². The van der Waals surface area contributed by atoms with E-state index in [0.717, 1.165) is 27.8 Å². The minimum absolute atomic E-state index is 0.372. The van der Waals surface area contributed by atoms with Crippen LogP contribution in [-0.2, 0) is 5.41 Å². The van der Waals surface area contributed by atoms with Gasteiger partial charge < -0.3 is 0 Å². The predicted molar refractivity (Wildman–Crippen MR) is 223 cm³/mol. The number of nitrogens with zero attached hydrogens (tertiary/aromatic N) is 3. The first-order valence-electron chi connectivity index (χ1n) is 18.8. The summed E-state index contributed by atoms with van der Waals surface area (Å²) in [7, 11) is 0. The van der Waals surface area contributed by atoms with Crippen molar-refractivity contribution in [3.63, 3.8) is 0 Å². The third-order valence-corrected chi connectivity index (χ3v) is 11.3. The molecule has 11 rings (SSSR count). The Morgan fingerprint density at radius 3 is 1.20 bits per heavy atom. The average Bonchev–Trinajstić information content (AvgIpc) is 3.75. The third-order valence-electron chi connectivity index (χ3n) is 11.3. The van der Waals surface area contributed by atoms with Gasteiger partial charge in [-0.25, -0.2) is 15.0 Å². The van der Waals surface area contributed by atoms with Crippen LogP contribution in [0.2, 0.25) is 0 Å². The molecular formula is C52H33N3. The lowest BCUT2D eigenvalue weighted by molar-refractivity contribution is 0.794. The van der Waals surface area contributed by atoms with E-state index in [-0.39, 0.29) is 5.41 Å². The summed E-state index contributed by atoms with van der Waals surface area (Å²) in [5.74, 6) is 1.95. The van der Waals surface area contributed by atoms with Crippen LogP contribution >= 0.6 is 0 Å². The Labute approximate surface area is 320 Å². The number of hydrogen-bond acceptors (Lipinski definition) is 3. The molecule has 0 saturated carbocycles. The van der Waals surface area contributed by atoms with Crippen LogP contribution in [0.1, 0.15) is 22.3 Å². The zero-order valence-electron chi connectivity index (χ0n) is 29.9. The van der Waals surface area contributed by atoms with Crippen molar-refractivity contribution >= 4 is 0 Å². The van der Waals surface area contributed by atoms with Crippen LogP contribution in [-0.4, -0.2) is 15.0 Å². The SMILES string of the molecule is c1ccc(-c2nc(-c3ccccc3)nc(-c3cccc(-c4cccc(-c5cccc6c5-c5ccccc5C65c6ccccc6-c6ccccc65)c4)c3)n2)cc1. The Hall–Kier alpha value is -7.23. The average molecular weight is 700 g/mol. The van der Waals surface area contributed by atoms with Crippen molar-refractivity contribution in [2.45, 2.75) is 5.41 Å². The second-order valence-corrected chi connectivity index (χ2v) is 14.3. The number of fused-ring (bicyclic) bond motifs is 10. The highest BCUT2D eigenvalue weighted by Crippen LogP contribution is 2.63. The van der Waals surface area contributed by atoms with Gasteiger partial charge in [-0.3, -0.25) is 0 Å². The maximum atomic E-state index is 5.00. The fourth-order valence-corrected chi connectivity index (χ4v) is 9.03. The maximum Gasteiger partial charge on any atom is 0.164 e. The number of hydrogen-bond donors (Lipinski definition) is 0. The molecule has 0 saturated heterocycles. The van der Waals surface area contributed by atoms with E-state index in [1.807, 2.05) is 60.7 Å². The van der Waals surface area contributed by atoms with Gasteiger partial charge in [0, 0.05) is 16.7 Å². The van der Waals surface area contributed by atoms with E-state index in [2.05, 4.69) is 140 Å². The van der Waals surface area contributed by atoms with Crippen molar-refractivity contribution in [1.82, 2.24) is 15.0 Å². The molecule has 55 heavy (non-hydrogen) atoms. The van der Waals surface area contributed by atoms with E-state index in [0.29, 0.717) is 17.5 Å². The molecule has 8 aromatic carbocycles. The maximum absolute atomic E-state index is 5.00. The normalized spacial score (nSPS) is 12.9. The van der Waals surface area contributed by atoms with E-state index in [1.165, 1.54) is 55.6 Å². The lowest BCUT2D eigenvalue weighted by Crippen LogP contribution is -2.25. The standard InChI is InChI=1S/C52H33N3/c1-3-16-34(17-4-1)49-53-50(35-18-5-2-6-19-35)55-51(54-49)39-23-14-21-37(33-39)36-20-13-22-38(32-36)40-27-15-31-47-48(40)43-26-9-12-30-46(43)52(47)44-28-10-7-24-41(44)42-25-8-11-29-45(42)52/h1-33H. The summed E-state index contributed by atoms with van der Waals surface area (Å²) < 4.78 is 0. The molecule has 9 aromatic rings. The molecule has 256 valence electrons. The number of rotatable bonds is 5. The third kappa shape index (κ3) is 4.80. The summed E-state index contributed by atoms with van der Waals surface area (Å²) in [4.78, 5) is 14.9. The molecule has 1 heterocycles. The van der Waals surface area contributed by atoms with Gasteiger partial charge in [-0.05, 0) is 78.9 Å². The Kier molecular flexibility index (Phi) is 7.08. The van der Waals surface area contributed by atoms with Gasteiger partial charge in [0.05, 0.1) is 5.41 Å². The van der Waals surface area contributed by atoms with Crippen LogP contribution in [0.3, 0.4) is 0 Å². The minimum atomic E-state index is -0.372. The molecule has 3 heteroatoms. The van der Waals surface area contributed by atoms with E-state index >= 15 is 0 Å². The lowest BCUT2D eigenvalue weighted by atomic mass is 9.70. The summed E-state index contributed by atoms with van der Waals surface area (Å²) in [5, 5.41) is 0. The number of aromatic nitrogens is 3. The highest BCUT2D eigenvalue weighted by Gasteiger charge is 2.51. The largest absolute Gasteiger partial charge is 0.208 e. The van der Waals surface area contributed by atoms with Crippen molar-refractivity contribution in [3.05, 3.63) is 222 Å². The molecule has 0 atom stereocenters. The first-order chi connectivity index (χ1) is 27.3. The highest BCUT2D eigenvalue weighted by atomic mass is 15.0. The van der Waals surface area contributed by atoms with E-state index in [1.54, 1.807) is 0 Å². The Balaban J connectivity index is 1.05. The molecule has 0 aliphatic heterocycles. The number of benzene rings is 8. The Bertz CT molecular complexity index is 2830. The Morgan fingerprint density at radius 1 is 0.255 bits per heavy atom. The van der Waals surface area contributed by atoms with E-state index in [4.69, 9.17) is 15.0 Å².